The van der Waals surface area contributed by atoms with Gasteiger partial charge in [-0.2, -0.15) is 0 Å². The number of nitrogens with two attached hydrogens (primary N) is 2. The summed E-state index contributed by atoms with van der Waals surface area (Å²) < 4.78 is 37.1. The average Bonchev–Trinajstić information content (AvgIpc) is 2.81. The topological polar surface area (TPSA) is 128 Å². The lowest BCUT2D eigenvalue weighted by Crippen LogP contribution is -2.13. The third-order valence-corrected chi connectivity index (χ3v) is 5.95. The third kappa shape index (κ3) is 4.89. The van der Waals surface area contributed by atoms with Gasteiger partial charge in [0, 0.05) is 29.2 Å². The van der Waals surface area contributed by atoms with Gasteiger partial charge in [-0.3, -0.25) is 9.78 Å². The summed E-state index contributed by atoms with van der Waals surface area (Å²) in [5.74, 6) is -0.909. The maximum Gasteiger partial charge on any atom is 0.257 e. The molecule has 0 atom stereocenters. The Hall–Kier alpha value is -4.08. The Balaban J connectivity index is 1.55. The molecule has 4 aromatic rings. The molecule has 0 bridgehead atoms. The molecule has 0 unspecified atom stereocenters. The maximum atomic E-state index is 13.4. The molecule has 0 aliphatic heterocycles. The predicted octanol–water partition coefficient (Wildman–Crippen LogP) is 4.04. The zero-order valence-corrected chi connectivity index (χ0v) is 18.0. The number of hydrogen-bond acceptors (Lipinski definition) is 5. The Kier molecular flexibility index (Phi) is 5.91. The van der Waals surface area contributed by atoms with Crippen LogP contribution in [0.15, 0.2) is 90.1 Å². The Labute approximate surface area is 190 Å². The number of benzene rings is 3. The number of carbonyl (C=O) groups is 1. The van der Waals surface area contributed by atoms with Gasteiger partial charge in [-0.25, -0.2) is 17.9 Å². The Morgan fingerprint density at radius 3 is 2.27 bits per heavy atom. The average molecular weight is 463 g/mol. The number of carbonyl (C=O) groups excluding carboxylic acids is 1. The number of nitrogens with zero attached hydrogens (tertiary/aromatic N) is 1. The van der Waals surface area contributed by atoms with E-state index >= 15 is 0 Å². The van der Waals surface area contributed by atoms with Crippen LogP contribution < -0.4 is 16.2 Å². The molecule has 9 heteroatoms. The van der Waals surface area contributed by atoms with E-state index in [2.05, 4.69) is 10.3 Å². The Morgan fingerprint density at radius 1 is 0.879 bits per heavy atom. The van der Waals surface area contributed by atoms with Crippen LogP contribution in [0.5, 0.6) is 0 Å². The summed E-state index contributed by atoms with van der Waals surface area (Å²) in [5.41, 5.74) is 8.80. The predicted molar refractivity (Wildman–Crippen MR) is 125 cm³/mol. The normalized spacial score (nSPS) is 11.2. The molecule has 4 rings (SSSR count). The van der Waals surface area contributed by atoms with E-state index in [4.69, 9.17) is 10.9 Å². The third-order valence-electron chi connectivity index (χ3n) is 4.98. The minimum atomic E-state index is -3.88. The Bertz CT molecular complexity index is 1460. The summed E-state index contributed by atoms with van der Waals surface area (Å²) in [4.78, 5) is 16.8. The number of rotatable bonds is 5. The van der Waals surface area contributed by atoms with E-state index in [0.29, 0.717) is 33.5 Å². The maximum absolute atomic E-state index is 13.4. The highest BCUT2D eigenvalue weighted by Gasteiger charge is 2.15. The van der Waals surface area contributed by atoms with Crippen LogP contribution in [0.3, 0.4) is 0 Å². The van der Waals surface area contributed by atoms with E-state index in [1.54, 1.807) is 60.8 Å². The second-order valence-electron chi connectivity index (χ2n) is 7.27. The van der Waals surface area contributed by atoms with Gasteiger partial charge < -0.3 is 11.1 Å². The van der Waals surface area contributed by atoms with Gasteiger partial charge in [0.1, 0.15) is 5.82 Å². The molecule has 0 spiro atoms. The number of halogens is 1. The van der Waals surface area contributed by atoms with Crippen molar-refractivity contribution >= 4 is 27.3 Å². The number of nitrogens with one attached hydrogen (secondary N) is 1. The number of nitrogen functional groups attached to an aromatic ring is 1. The first-order chi connectivity index (χ1) is 15.7. The summed E-state index contributed by atoms with van der Waals surface area (Å²) in [7, 11) is -3.88. The van der Waals surface area contributed by atoms with Gasteiger partial charge in [0.2, 0.25) is 10.0 Å². The Morgan fingerprint density at radius 2 is 1.58 bits per heavy atom. The quantitative estimate of drug-likeness (QED) is 0.386. The van der Waals surface area contributed by atoms with E-state index in [1.165, 1.54) is 24.4 Å². The van der Waals surface area contributed by atoms with Crippen LogP contribution in [-0.2, 0) is 10.0 Å². The standard InChI is InChI=1S/C24H19FN4O3S/c25-21-10-7-16(12-22(21)26)17-11-18(14-28-13-17)24(30)29-19-8-5-15(6-9-19)20-3-1-2-4-23(20)33(27,31)32/h1-14H,26H2,(H,29,30)(H2,27,31,32). The van der Waals surface area contributed by atoms with Gasteiger partial charge in [-0.05, 0) is 47.5 Å². The molecule has 7 nitrogen and oxygen atoms in total. The van der Waals surface area contributed by atoms with Gasteiger partial charge >= 0.3 is 0 Å². The van der Waals surface area contributed by atoms with Crippen LogP contribution >= 0.6 is 0 Å². The number of hydrogen-bond donors (Lipinski definition) is 3. The zero-order chi connectivity index (χ0) is 23.6. The zero-order valence-electron chi connectivity index (χ0n) is 17.2. The fourth-order valence-corrected chi connectivity index (χ4v) is 4.10. The van der Waals surface area contributed by atoms with E-state index in [9.17, 15) is 17.6 Å². The van der Waals surface area contributed by atoms with Crippen LogP contribution in [0.2, 0.25) is 0 Å². The van der Waals surface area contributed by atoms with Crippen molar-refractivity contribution in [3.05, 3.63) is 96.6 Å². The first-order valence-electron chi connectivity index (χ1n) is 9.76. The van der Waals surface area contributed by atoms with Gasteiger partial charge in [0.25, 0.3) is 5.91 Å². The van der Waals surface area contributed by atoms with Crippen molar-refractivity contribution in [2.75, 3.05) is 11.1 Å². The molecule has 33 heavy (non-hydrogen) atoms. The van der Waals surface area contributed by atoms with Crippen molar-refractivity contribution in [3.63, 3.8) is 0 Å². The molecule has 166 valence electrons. The molecule has 3 aromatic carbocycles. The number of anilines is 2. The highest BCUT2D eigenvalue weighted by molar-refractivity contribution is 7.89. The molecule has 0 radical (unpaired) electrons. The molecule has 0 saturated carbocycles. The molecular formula is C24H19FN4O3S. The summed E-state index contributed by atoms with van der Waals surface area (Å²) in [5, 5.41) is 8.08. The first-order valence-corrected chi connectivity index (χ1v) is 11.3. The lowest BCUT2D eigenvalue weighted by atomic mass is 10.0. The van der Waals surface area contributed by atoms with Crippen LogP contribution in [-0.4, -0.2) is 19.3 Å². The minimum Gasteiger partial charge on any atom is -0.396 e. The van der Waals surface area contributed by atoms with E-state index in [0.717, 1.165) is 0 Å². The van der Waals surface area contributed by atoms with Crippen molar-refractivity contribution in [2.24, 2.45) is 5.14 Å². The molecule has 0 saturated heterocycles. The van der Waals surface area contributed by atoms with Crippen molar-refractivity contribution in [1.29, 1.82) is 0 Å². The summed E-state index contributed by atoms with van der Waals surface area (Å²) in [6.45, 7) is 0. The minimum absolute atomic E-state index is 0.00598. The number of aromatic nitrogens is 1. The number of pyridine rings is 1. The van der Waals surface area contributed by atoms with Gasteiger partial charge in [-0.1, -0.05) is 36.4 Å². The van der Waals surface area contributed by atoms with Gasteiger partial charge in [-0.15, -0.1) is 0 Å². The van der Waals surface area contributed by atoms with Gasteiger partial charge in [0.05, 0.1) is 16.1 Å². The fourth-order valence-electron chi connectivity index (χ4n) is 3.33. The van der Waals surface area contributed by atoms with E-state index < -0.39 is 21.7 Å². The molecule has 0 aliphatic carbocycles. The first kappa shape index (κ1) is 22.1. The number of primary sulfonamides is 1. The van der Waals surface area contributed by atoms with Crippen LogP contribution in [0.4, 0.5) is 15.8 Å². The van der Waals surface area contributed by atoms with Crippen molar-refractivity contribution in [3.8, 4) is 22.3 Å². The molecule has 0 fully saturated rings. The highest BCUT2D eigenvalue weighted by Crippen LogP contribution is 2.28. The second-order valence-corrected chi connectivity index (χ2v) is 8.80. The molecule has 1 heterocycles. The SMILES string of the molecule is Nc1cc(-c2cncc(C(=O)Nc3ccc(-c4ccccc4S(N)(=O)=O)cc3)c2)ccc1F. The second kappa shape index (κ2) is 8.81. The van der Waals surface area contributed by atoms with Gasteiger partial charge in [0.15, 0.2) is 0 Å². The van der Waals surface area contributed by atoms with E-state index in [1.807, 2.05) is 0 Å². The van der Waals surface area contributed by atoms with Crippen LogP contribution in [0.1, 0.15) is 10.4 Å². The summed E-state index contributed by atoms with van der Waals surface area (Å²) in [6, 6.07) is 19.0. The van der Waals surface area contributed by atoms with Crippen molar-refractivity contribution < 1.29 is 17.6 Å². The lowest BCUT2D eigenvalue weighted by Gasteiger charge is -2.10. The van der Waals surface area contributed by atoms with Crippen molar-refractivity contribution in [1.82, 2.24) is 4.98 Å². The molecule has 5 N–H and O–H groups in total. The largest absolute Gasteiger partial charge is 0.396 e. The van der Waals surface area contributed by atoms with Crippen LogP contribution in [0, 0.1) is 5.82 Å². The fraction of sp³-hybridized carbons (Fsp3) is 0. The molecule has 1 aromatic heterocycles. The molecule has 1 amide bonds. The summed E-state index contributed by atoms with van der Waals surface area (Å²) in [6.07, 6.45) is 2.98. The highest BCUT2D eigenvalue weighted by atomic mass is 32.2. The lowest BCUT2D eigenvalue weighted by molar-refractivity contribution is 0.102. The van der Waals surface area contributed by atoms with E-state index in [-0.39, 0.29) is 10.6 Å². The summed E-state index contributed by atoms with van der Waals surface area (Å²) >= 11 is 0. The monoisotopic (exact) mass is 462 g/mol. The number of amides is 1. The molecular weight excluding hydrogens is 443 g/mol. The van der Waals surface area contributed by atoms with Crippen LogP contribution in [0.25, 0.3) is 22.3 Å². The number of sulfonamides is 1. The van der Waals surface area contributed by atoms with Crippen molar-refractivity contribution in [2.45, 2.75) is 4.90 Å². The smallest absolute Gasteiger partial charge is 0.257 e. The molecule has 0 aliphatic rings.